The first kappa shape index (κ1) is 17.3. The molecule has 1 aromatic heterocycles. The molecule has 8 heteroatoms. The molecule has 0 spiro atoms. The first-order chi connectivity index (χ1) is 11.6. The van der Waals surface area contributed by atoms with Crippen LogP contribution < -0.4 is 5.32 Å². The first-order valence-corrected chi connectivity index (χ1v) is 9.07. The van der Waals surface area contributed by atoms with Crippen LogP contribution in [-0.2, 0) is 11.3 Å². The highest BCUT2D eigenvalue weighted by Gasteiger charge is 2.19. The lowest BCUT2D eigenvalue weighted by Gasteiger charge is -2.34. The second kappa shape index (κ2) is 8.02. The number of rotatable bonds is 5. The van der Waals surface area contributed by atoms with Gasteiger partial charge in [0, 0.05) is 37.7 Å². The predicted octanol–water partition coefficient (Wildman–Crippen LogP) is 2.26. The van der Waals surface area contributed by atoms with Gasteiger partial charge in [0.2, 0.25) is 11.0 Å². The predicted molar refractivity (Wildman–Crippen MR) is 96.4 cm³/mol. The minimum absolute atomic E-state index is 0.0329. The number of nitrogens with zero attached hydrogens (tertiary/aromatic N) is 4. The monoisotopic (exact) mass is 365 g/mol. The third kappa shape index (κ3) is 4.98. The fourth-order valence-electron chi connectivity index (χ4n) is 2.71. The maximum absolute atomic E-state index is 12.1. The Balaban J connectivity index is 1.42. The number of hydrogen-bond acceptors (Lipinski definition) is 6. The van der Waals surface area contributed by atoms with E-state index in [0.717, 1.165) is 42.8 Å². The van der Waals surface area contributed by atoms with Crippen molar-refractivity contribution in [3.05, 3.63) is 39.9 Å². The van der Waals surface area contributed by atoms with Crippen LogP contribution in [0.3, 0.4) is 0 Å². The molecular weight excluding hydrogens is 346 g/mol. The van der Waals surface area contributed by atoms with Crippen molar-refractivity contribution in [2.75, 3.05) is 38.0 Å². The van der Waals surface area contributed by atoms with Crippen LogP contribution in [0.15, 0.2) is 24.3 Å². The highest BCUT2D eigenvalue weighted by atomic mass is 35.5. The first-order valence-electron chi connectivity index (χ1n) is 7.87. The molecule has 1 aromatic carbocycles. The van der Waals surface area contributed by atoms with E-state index in [1.807, 2.05) is 25.1 Å². The number of amides is 1. The molecule has 0 unspecified atom stereocenters. The molecule has 24 heavy (non-hydrogen) atoms. The van der Waals surface area contributed by atoms with Gasteiger partial charge in [-0.1, -0.05) is 35.1 Å². The molecule has 1 fully saturated rings. The van der Waals surface area contributed by atoms with Crippen molar-refractivity contribution >= 4 is 34.0 Å². The SMILES string of the molecule is Cc1nnc(NC(=O)CN2CCN(Cc3cccc(Cl)c3)CC2)s1. The maximum Gasteiger partial charge on any atom is 0.240 e. The van der Waals surface area contributed by atoms with Gasteiger partial charge in [-0.25, -0.2) is 0 Å². The summed E-state index contributed by atoms with van der Waals surface area (Å²) in [6, 6.07) is 7.97. The van der Waals surface area contributed by atoms with Gasteiger partial charge < -0.3 is 0 Å². The molecule has 0 bridgehead atoms. The van der Waals surface area contributed by atoms with E-state index in [9.17, 15) is 4.79 Å². The Morgan fingerprint density at radius 3 is 2.67 bits per heavy atom. The minimum Gasteiger partial charge on any atom is -0.299 e. The fourth-order valence-corrected chi connectivity index (χ4v) is 3.53. The lowest BCUT2D eigenvalue weighted by atomic mass is 10.2. The molecule has 128 valence electrons. The van der Waals surface area contributed by atoms with Crippen LogP contribution in [0.1, 0.15) is 10.6 Å². The van der Waals surface area contributed by atoms with Crippen LogP contribution in [0.2, 0.25) is 5.02 Å². The Bertz CT molecular complexity index is 699. The highest BCUT2D eigenvalue weighted by molar-refractivity contribution is 7.15. The van der Waals surface area contributed by atoms with Gasteiger partial charge in [0.1, 0.15) is 5.01 Å². The lowest BCUT2D eigenvalue weighted by molar-refractivity contribution is -0.117. The van der Waals surface area contributed by atoms with Crippen molar-refractivity contribution in [2.24, 2.45) is 0 Å². The molecule has 1 aliphatic rings. The number of aryl methyl sites for hydroxylation is 1. The van der Waals surface area contributed by atoms with Crippen molar-refractivity contribution < 1.29 is 4.79 Å². The van der Waals surface area contributed by atoms with Crippen LogP contribution in [0.4, 0.5) is 5.13 Å². The van der Waals surface area contributed by atoms with Gasteiger partial charge in [0.25, 0.3) is 0 Å². The Kier molecular flexibility index (Phi) is 5.78. The summed E-state index contributed by atoms with van der Waals surface area (Å²) in [4.78, 5) is 16.6. The van der Waals surface area contributed by atoms with Crippen molar-refractivity contribution in [2.45, 2.75) is 13.5 Å². The van der Waals surface area contributed by atoms with E-state index in [4.69, 9.17) is 11.6 Å². The standard InChI is InChI=1S/C16H20ClN5OS/c1-12-19-20-16(24-12)18-15(23)11-22-7-5-21(6-8-22)10-13-3-2-4-14(17)9-13/h2-4,9H,5-8,10-11H2,1H3,(H,18,20,23). The molecule has 2 heterocycles. The Morgan fingerprint density at radius 1 is 1.25 bits per heavy atom. The summed E-state index contributed by atoms with van der Waals surface area (Å²) in [7, 11) is 0. The van der Waals surface area contributed by atoms with Crippen molar-refractivity contribution in [3.63, 3.8) is 0 Å². The van der Waals surface area contributed by atoms with E-state index in [2.05, 4.69) is 31.4 Å². The van der Waals surface area contributed by atoms with Crippen molar-refractivity contribution in [1.29, 1.82) is 0 Å². The Morgan fingerprint density at radius 2 is 2.00 bits per heavy atom. The van der Waals surface area contributed by atoms with E-state index in [-0.39, 0.29) is 5.91 Å². The number of carbonyl (C=O) groups is 1. The second-order valence-electron chi connectivity index (χ2n) is 5.86. The molecule has 1 amide bonds. The van der Waals surface area contributed by atoms with Gasteiger partial charge >= 0.3 is 0 Å². The molecule has 0 radical (unpaired) electrons. The average molecular weight is 366 g/mol. The van der Waals surface area contributed by atoms with Crippen LogP contribution in [0.25, 0.3) is 0 Å². The Labute approximate surface area is 150 Å². The molecular formula is C16H20ClN5OS. The van der Waals surface area contributed by atoms with E-state index in [0.29, 0.717) is 11.7 Å². The van der Waals surface area contributed by atoms with Crippen LogP contribution in [-0.4, -0.2) is 58.6 Å². The normalized spacial score (nSPS) is 16.2. The number of benzene rings is 1. The third-order valence-electron chi connectivity index (χ3n) is 3.90. The van der Waals surface area contributed by atoms with Gasteiger partial charge in [-0.15, -0.1) is 10.2 Å². The molecule has 2 aromatic rings. The number of carbonyl (C=O) groups excluding carboxylic acids is 1. The van der Waals surface area contributed by atoms with E-state index in [1.165, 1.54) is 16.9 Å². The maximum atomic E-state index is 12.1. The minimum atomic E-state index is -0.0329. The second-order valence-corrected chi connectivity index (χ2v) is 7.47. The van der Waals surface area contributed by atoms with E-state index < -0.39 is 0 Å². The van der Waals surface area contributed by atoms with Crippen LogP contribution in [0, 0.1) is 6.92 Å². The van der Waals surface area contributed by atoms with E-state index >= 15 is 0 Å². The average Bonchev–Trinajstić information content (AvgIpc) is 2.94. The smallest absolute Gasteiger partial charge is 0.240 e. The lowest BCUT2D eigenvalue weighted by Crippen LogP contribution is -2.48. The summed E-state index contributed by atoms with van der Waals surface area (Å²) in [5, 5.41) is 12.8. The largest absolute Gasteiger partial charge is 0.299 e. The molecule has 1 N–H and O–H groups in total. The molecule has 0 aliphatic carbocycles. The molecule has 6 nitrogen and oxygen atoms in total. The molecule has 0 atom stereocenters. The summed E-state index contributed by atoms with van der Waals surface area (Å²) in [5.74, 6) is -0.0329. The van der Waals surface area contributed by atoms with Gasteiger partial charge in [-0.3, -0.25) is 19.9 Å². The molecule has 1 saturated heterocycles. The highest BCUT2D eigenvalue weighted by Crippen LogP contribution is 2.15. The Hall–Kier alpha value is -1.54. The number of nitrogens with one attached hydrogen (secondary N) is 1. The number of piperazine rings is 1. The number of halogens is 1. The van der Waals surface area contributed by atoms with Gasteiger partial charge in [0.15, 0.2) is 0 Å². The van der Waals surface area contributed by atoms with E-state index in [1.54, 1.807) is 0 Å². The summed E-state index contributed by atoms with van der Waals surface area (Å²) >= 11 is 7.42. The zero-order valence-electron chi connectivity index (χ0n) is 13.5. The number of anilines is 1. The zero-order valence-corrected chi connectivity index (χ0v) is 15.1. The van der Waals surface area contributed by atoms with Crippen molar-refractivity contribution in [1.82, 2.24) is 20.0 Å². The fraction of sp³-hybridized carbons (Fsp3) is 0.438. The summed E-state index contributed by atoms with van der Waals surface area (Å²) in [6.45, 7) is 6.79. The van der Waals surface area contributed by atoms with Crippen molar-refractivity contribution in [3.8, 4) is 0 Å². The number of aromatic nitrogens is 2. The van der Waals surface area contributed by atoms with Gasteiger partial charge in [-0.2, -0.15) is 0 Å². The summed E-state index contributed by atoms with van der Waals surface area (Å²) < 4.78 is 0. The van der Waals surface area contributed by atoms with Crippen LogP contribution in [0.5, 0.6) is 0 Å². The number of hydrogen-bond donors (Lipinski definition) is 1. The van der Waals surface area contributed by atoms with Gasteiger partial charge in [-0.05, 0) is 24.6 Å². The summed E-state index contributed by atoms with van der Waals surface area (Å²) in [6.07, 6.45) is 0. The molecule has 3 rings (SSSR count). The quantitative estimate of drug-likeness (QED) is 0.880. The van der Waals surface area contributed by atoms with Gasteiger partial charge in [0.05, 0.1) is 6.54 Å². The third-order valence-corrected chi connectivity index (χ3v) is 4.89. The van der Waals surface area contributed by atoms with Crippen LogP contribution >= 0.6 is 22.9 Å². The zero-order chi connectivity index (χ0) is 16.9. The molecule has 0 saturated carbocycles. The topological polar surface area (TPSA) is 61.4 Å². The molecule has 1 aliphatic heterocycles. The summed E-state index contributed by atoms with van der Waals surface area (Å²) in [5.41, 5.74) is 1.22.